The maximum absolute atomic E-state index is 5.19. The third kappa shape index (κ3) is 4.05. The maximum Gasteiger partial charge on any atom is 0.238 e. The van der Waals surface area contributed by atoms with Gasteiger partial charge < -0.3 is 4.57 Å². The van der Waals surface area contributed by atoms with E-state index in [9.17, 15) is 0 Å². The Hall–Kier alpha value is -5.81. The molecule has 3 aromatic heterocycles. The minimum absolute atomic E-state index is 0.455. The lowest BCUT2D eigenvalue weighted by atomic mass is 9.94. The molecule has 0 saturated heterocycles. The second-order valence-electron chi connectivity index (χ2n) is 11.8. The first kappa shape index (κ1) is 25.7. The average Bonchev–Trinajstić information content (AvgIpc) is 3.62. The first-order valence-corrected chi connectivity index (χ1v) is 15.4. The maximum atomic E-state index is 5.19. The molecule has 1 atom stereocenters. The number of hydrogen-bond donors (Lipinski definition) is 0. The normalized spacial score (nSPS) is 14.4. The lowest BCUT2D eigenvalue weighted by molar-refractivity contribution is 0.691. The van der Waals surface area contributed by atoms with Gasteiger partial charge in [-0.15, -0.1) is 0 Å². The fourth-order valence-corrected chi connectivity index (χ4v) is 6.88. The number of benzene rings is 5. The van der Waals surface area contributed by atoms with Gasteiger partial charge in [0.1, 0.15) is 0 Å². The van der Waals surface area contributed by atoms with Crippen LogP contribution >= 0.6 is 0 Å². The highest BCUT2D eigenvalue weighted by Gasteiger charge is 2.26. The summed E-state index contributed by atoms with van der Waals surface area (Å²) in [6.45, 7) is 2.29. The van der Waals surface area contributed by atoms with E-state index in [1.54, 1.807) is 0 Å². The number of nitrogens with zero attached hydrogens (tertiary/aromatic N) is 5. The lowest BCUT2D eigenvalue weighted by Gasteiger charge is -2.17. The highest BCUT2D eigenvalue weighted by Crippen LogP contribution is 2.42. The van der Waals surface area contributed by atoms with E-state index in [-0.39, 0.29) is 0 Å². The van der Waals surface area contributed by atoms with E-state index in [0.717, 1.165) is 34.3 Å². The van der Waals surface area contributed by atoms with Crippen LogP contribution in [-0.2, 0) is 6.42 Å². The van der Waals surface area contributed by atoms with Crippen LogP contribution in [0, 0.1) is 5.92 Å². The van der Waals surface area contributed by atoms with Gasteiger partial charge in [-0.2, -0.15) is 9.97 Å². The first-order valence-electron chi connectivity index (χ1n) is 15.4. The van der Waals surface area contributed by atoms with Crippen molar-refractivity contribution in [1.29, 1.82) is 0 Å². The van der Waals surface area contributed by atoms with Crippen LogP contribution in [0.4, 0.5) is 0 Å². The van der Waals surface area contributed by atoms with E-state index in [2.05, 4.69) is 119 Å². The molecule has 8 aromatic rings. The Bertz CT molecular complexity index is 2340. The average molecular weight is 580 g/mol. The molecule has 45 heavy (non-hydrogen) atoms. The van der Waals surface area contributed by atoms with Crippen LogP contribution in [0.3, 0.4) is 0 Å². The molecule has 3 heterocycles. The topological polar surface area (TPSA) is 48.5 Å². The number of para-hydroxylation sites is 2. The number of rotatable bonds is 4. The van der Waals surface area contributed by atoms with Crippen LogP contribution in [0.2, 0.25) is 0 Å². The van der Waals surface area contributed by atoms with E-state index < -0.39 is 0 Å². The molecule has 1 unspecified atom stereocenters. The molecule has 1 aliphatic carbocycles. The van der Waals surface area contributed by atoms with Crippen molar-refractivity contribution >= 4 is 38.8 Å². The Labute approximate surface area is 260 Å². The minimum Gasteiger partial charge on any atom is -0.311 e. The molecule has 0 N–H and O–H groups in total. The summed E-state index contributed by atoms with van der Waals surface area (Å²) < 4.78 is 4.73. The van der Waals surface area contributed by atoms with Crippen molar-refractivity contribution in [1.82, 2.24) is 24.1 Å². The minimum atomic E-state index is 0.455. The van der Waals surface area contributed by atoms with Crippen LogP contribution in [0.5, 0.6) is 0 Å². The van der Waals surface area contributed by atoms with E-state index in [1.807, 2.05) is 36.4 Å². The summed E-state index contributed by atoms with van der Waals surface area (Å²) >= 11 is 0. The number of hydrogen-bond acceptors (Lipinski definition) is 3. The van der Waals surface area contributed by atoms with Crippen molar-refractivity contribution in [3.05, 3.63) is 145 Å². The van der Waals surface area contributed by atoms with E-state index >= 15 is 0 Å². The quantitative estimate of drug-likeness (QED) is 0.209. The molecule has 1 aliphatic rings. The zero-order valence-corrected chi connectivity index (χ0v) is 24.8. The summed E-state index contributed by atoms with van der Waals surface area (Å²) in [5.41, 5.74) is 9.00. The van der Waals surface area contributed by atoms with Gasteiger partial charge in [0.05, 0.1) is 16.6 Å². The first-order chi connectivity index (χ1) is 22.2. The molecular formula is C40H29N5. The van der Waals surface area contributed by atoms with E-state index in [0.29, 0.717) is 23.5 Å². The smallest absolute Gasteiger partial charge is 0.238 e. The Kier molecular flexibility index (Phi) is 5.78. The Balaban J connectivity index is 1.46. The predicted octanol–water partition coefficient (Wildman–Crippen LogP) is 9.45. The second kappa shape index (κ2) is 10.1. The third-order valence-electron chi connectivity index (χ3n) is 8.91. The molecule has 0 fully saturated rings. The predicted molar refractivity (Wildman–Crippen MR) is 184 cm³/mol. The summed E-state index contributed by atoms with van der Waals surface area (Å²) in [4.78, 5) is 15.4. The second-order valence-corrected chi connectivity index (χ2v) is 11.8. The van der Waals surface area contributed by atoms with E-state index in [1.165, 1.54) is 32.9 Å². The fourth-order valence-electron chi connectivity index (χ4n) is 6.88. The van der Waals surface area contributed by atoms with Crippen LogP contribution in [0.25, 0.3) is 73.2 Å². The summed E-state index contributed by atoms with van der Waals surface area (Å²) in [6, 6.07) is 44.2. The number of aromatic nitrogens is 5. The van der Waals surface area contributed by atoms with Gasteiger partial charge >= 0.3 is 0 Å². The lowest BCUT2D eigenvalue weighted by Crippen LogP contribution is -2.09. The molecule has 0 bridgehead atoms. The van der Waals surface area contributed by atoms with Gasteiger partial charge in [-0.05, 0) is 30.5 Å². The molecule has 5 heteroatoms. The van der Waals surface area contributed by atoms with Gasteiger partial charge in [0, 0.05) is 44.2 Å². The zero-order chi connectivity index (χ0) is 29.9. The summed E-state index contributed by atoms with van der Waals surface area (Å²) in [7, 11) is 0. The molecule has 0 aliphatic heterocycles. The monoisotopic (exact) mass is 579 g/mol. The highest BCUT2D eigenvalue weighted by molar-refractivity contribution is 6.19. The molecule has 9 rings (SSSR count). The van der Waals surface area contributed by atoms with Gasteiger partial charge in [0.2, 0.25) is 5.95 Å². The van der Waals surface area contributed by atoms with Gasteiger partial charge in [-0.1, -0.05) is 128 Å². The van der Waals surface area contributed by atoms with Crippen LogP contribution in [0.1, 0.15) is 18.2 Å². The Morgan fingerprint density at radius 2 is 1.13 bits per heavy atom. The van der Waals surface area contributed by atoms with Crippen LogP contribution < -0.4 is 0 Å². The number of fused-ring (bicyclic) bond motifs is 7. The third-order valence-corrected chi connectivity index (χ3v) is 8.91. The van der Waals surface area contributed by atoms with Gasteiger partial charge in [-0.25, -0.2) is 4.98 Å². The standard InChI is InChI=1S/C40H29N5/c1-26-21-22-31-33-24-23-32-30-19-11-12-20-34(30)45(37(32)36(33)44(35(31)25-26)29-17-9-4-10-18-29)40-42-38(27-13-5-2-6-14-27)41-39(43-40)28-15-7-3-8-16-28/h2-24,26H,25H2,1H3. The zero-order valence-electron chi connectivity index (χ0n) is 24.8. The SMILES string of the molecule is CC1C=Cc2c(n(-c3ccccc3)c3c2ccc2c4ccccc4n(-c4nc(-c5ccccc5)nc(-c5ccccc5)n4)c23)C1. The van der Waals surface area contributed by atoms with E-state index in [4.69, 9.17) is 15.0 Å². The number of allylic oxidation sites excluding steroid dienone is 1. The van der Waals surface area contributed by atoms with Gasteiger partial charge in [0.15, 0.2) is 11.6 Å². The fraction of sp³-hybridized carbons (Fsp3) is 0.0750. The summed E-state index contributed by atoms with van der Waals surface area (Å²) in [5.74, 6) is 2.35. The van der Waals surface area contributed by atoms with Crippen LogP contribution in [-0.4, -0.2) is 24.1 Å². The highest BCUT2D eigenvalue weighted by atomic mass is 15.2. The van der Waals surface area contributed by atoms with Crippen molar-refractivity contribution in [3.8, 4) is 34.4 Å². The van der Waals surface area contributed by atoms with Crippen molar-refractivity contribution < 1.29 is 0 Å². The Morgan fingerprint density at radius 1 is 0.556 bits per heavy atom. The van der Waals surface area contributed by atoms with Crippen molar-refractivity contribution in [2.24, 2.45) is 5.92 Å². The molecular weight excluding hydrogens is 550 g/mol. The van der Waals surface area contributed by atoms with Crippen molar-refractivity contribution in [3.63, 3.8) is 0 Å². The molecule has 214 valence electrons. The molecule has 0 saturated carbocycles. The summed E-state index contributed by atoms with van der Waals surface area (Å²) in [5, 5.41) is 3.57. The molecule has 0 spiro atoms. The van der Waals surface area contributed by atoms with Crippen molar-refractivity contribution in [2.75, 3.05) is 0 Å². The largest absolute Gasteiger partial charge is 0.311 e. The van der Waals surface area contributed by atoms with Gasteiger partial charge in [-0.3, -0.25) is 4.57 Å². The summed E-state index contributed by atoms with van der Waals surface area (Å²) in [6.07, 6.45) is 5.62. The van der Waals surface area contributed by atoms with Crippen molar-refractivity contribution in [2.45, 2.75) is 13.3 Å². The molecule has 0 amide bonds. The molecule has 5 nitrogen and oxygen atoms in total. The molecule has 0 radical (unpaired) electrons. The Morgan fingerprint density at radius 3 is 1.82 bits per heavy atom. The molecule has 5 aromatic carbocycles. The van der Waals surface area contributed by atoms with Crippen LogP contribution in [0.15, 0.2) is 133 Å². The van der Waals surface area contributed by atoms with Gasteiger partial charge in [0.25, 0.3) is 0 Å².